The SMILES string of the molecule is CCC(C)N(C)CCNC(=O)C1CCCCC1(C)N. The van der Waals surface area contributed by atoms with Gasteiger partial charge < -0.3 is 16.0 Å². The summed E-state index contributed by atoms with van der Waals surface area (Å²) in [6.45, 7) is 8.02. The van der Waals surface area contributed by atoms with Crippen LogP contribution in [0.5, 0.6) is 0 Å². The van der Waals surface area contributed by atoms with Crippen molar-refractivity contribution >= 4 is 5.91 Å². The topological polar surface area (TPSA) is 58.4 Å². The first-order chi connectivity index (χ1) is 8.88. The molecule has 1 fully saturated rings. The van der Waals surface area contributed by atoms with Crippen LogP contribution in [0.25, 0.3) is 0 Å². The van der Waals surface area contributed by atoms with Gasteiger partial charge in [0.25, 0.3) is 0 Å². The molecule has 1 aliphatic carbocycles. The number of amides is 1. The van der Waals surface area contributed by atoms with Crippen molar-refractivity contribution in [2.45, 2.75) is 64.5 Å². The molecule has 112 valence electrons. The highest BCUT2D eigenvalue weighted by molar-refractivity contribution is 5.80. The van der Waals surface area contributed by atoms with Gasteiger partial charge in [0.1, 0.15) is 0 Å². The van der Waals surface area contributed by atoms with E-state index in [1.165, 1.54) is 0 Å². The average molecular weight is 269 g/mol. The van der Waals surface area contributed by atoms with Crippen molar-refractivity contribution in [2.75, 3.05) is 20.1 Å². The van der Waals surface area contributed by atoms with Crippen molar-refractivity contribution in [3.63, 3.8) is 0 Å². The third kappa shape index (κ3) is 4.77. The Labute approximate surface area is 118 Å². The third-order valence-electron chi connectivity index (χ3n) is 4.68. The van der Waals surface area contributed by atoms with E-state index in [0.717, 1.165) is 38.6 Å². The van der Waals surface area contributed by atoms with Gasteiger partial charge in [-0.05, 0) is 40.2 Å². The van der Waals surface area contributed by atoms with Gasteiger partial charge in [0, 0.05) is 24.7 Å². The van der Waals surface area contributed by atoms with Crippen molar-refractivity contribution < 1.29 is 4.79 Å². The van der Waals surface area contributed by atoms with E-state index in [2.05, 4.69) is 31.1 Å². The van der Waals surface area contributed by atoms with Gasteiger partial charge in [0.2, 0.25) is 5.91 Å². The predicted molar refractivity (Wildman–Crippen MR) is 79.9 cm³/mol. The molecule has 3 atom stereocenters. The van der Waals surface area contributed by atoms with E-state index >= 15 is 0 Å². The molecule has 1 saturated carbocycles. The molecule has 1 rings (SSSR count). The van der Waals surface area contributed by atoms with Gasteiger partial charge in [-0.15, -0.1) is 0 Å². The highest BCUT2D eigenvalue weighted by Gasteiger charge is 2.37. The molecular formula is C15H31N3O. The first-order valence-corrected chi connectivity index (χ1v) is 7.65. The lowest BCUT2D eigenvalue weighted by Crippen LogP contribution is -2.53. The van der Waals surface area contributed by atoms with Crippen LogP contribution in [0.15, 0.2) is 0 Å². The molecule has 3 unspecified atom stereocenters. The van der Waals surface area contributed by atoms with Gasteiger partial charge in [-0.2, -0.15) is 0 Å². The molecule has 0 aromatic carbocycles. The average Bonchev–Trinajstić information content (AvgIpc) is 2.36. The summed E-state index contributed by atoms with van der Waals surface area (Å²) in [4.78, 5) is 14.5. The minimum atomic E-state index is -0.328. The summed E-state index contributed by atoms with van der Waals surface area (Å²) in [5.41, 5.74) is 5.92. The monoisotopic (exact) mass is 269 g/mol. The Morgan fingerprint density at radius 2 is 2.21 bits per heavy atom. The molecule has 0 saturated heterocycles. The Balaban J connectivity index is 2.35. The van der Waals surface area contributed by atoms with Crippen molar-refractivity contribution in [2.24, 2.45) is 11.7 Å². The number of carbonyl (C=O) groups excluding carboxylic acids is 1. The number of nitrogens with two attached hydrogens (primary N) is 1. The van der Waals surface area contributed by atoms with Gasteiger partial charge in [0.15, 0.2) is 0 Å². The standard InChI is InChI=1S/C15H31N3O/c1-5-12(2)18(4)11-10-17-14(19)13-8-6-7-9-15(13,3)16/h12-13H,5-11,16H2,1-4H3,(H,17,19). The minimum absolute atomic E-state index is 0.0184. The molecule has 0 aliphatic heterocycles. The third-order valence-corrected chi connectivity index (χ3v) is 4.68. The molecule has 4 nitrogen and oxygen atoms in total. The summed E-state index contributed by atoms with van der Waals surface area (Å²) in [6.07, 6.45) is 5.29. The first kappa shape index (κ1) is 16.4. The second-order valence-corrected chi connectivity index (χ2v) is 6.33. The molecule has 0 aromatic rings. The number of hydrogen-bond acceptors (Lipinski definition) is 3. The van der Waals surface area contributed by atoms with Crippen LogP contribution in [-0.2, 0) is 4.79 Å². The zero-order chi connectivity index (χ0) is 14.5. The lowest BCUT2D eigenvalue weighted by molar-refractivity contribution is -0.128. The van der Waals surface area contributed by atoms with Crippen LogP contribution in [0.2, 0.25) is 0 Å². The normalized spacial score (nSPS) is 29.3. The van der Waals surface area contributed by atoms with E-state index < -0.39 is 0 Å². The van der Waals surface area contributed by atoms with Crippen molar-refractivity contribution in [3.05, 3.63) is 0 Å². The van der Waals surface area contributed by atoms with Crippen molar-refractivity contribution in [1.29, 1.82) is 0 Å². The largest absolute Gasteiger partial charge is 0.355 e. The fraction of sp³-hybridized carbons (Fsp3) is 0.933. The molecule has 19 heavy (non-hydrogen) atoms. The van der Waals surface area contributed by atoms with E-state index in [9.17, 15) is 4.79 Å². The molecule has 0 radical (unpaired) electrons. The van der Waals surface area contributed by atoms with Crippen LogP contribution in [0, 0.1) is 5.92 Å². The highest BCUT2D eigenvalue weighted by atomic mass is 16.1. The summed E-state index contributed by atoms with van der Waals surface area (Å²) in [7, 11) is 2.11. The predicted octanol–water partition coefficient (Wildman–Crippen LogP) is 1.74. The molecule has 1 aliphatic rings. The smallest absolute Gasteiger partial charge is 0.225 e. The number of rotatable bonds is 6. The lowest BCUT2D eigenvalue weighted by atomic mass is 9.74. The number of nitrogens with one attached hydrogen (secondary N) is 1. The minimum Gasteiger partial charge on any atom is -0.355 e. The van der Waals surface area contributed by atoms with Gasteiger partial charge in [-0.25, -0.2) is 0 Å². The number of carbonyl (C=O) groups is 1. The van der Waals surface area contributed by atoms with E-state index in [-0.39, 0.29) is 17.4 Å². The maximum Gasteiger partial charge on any atom is 0.225 e. The maximum absolute atomic E-state index is 12.2. The summed E-state index contributed by atoms with van der Waals surface area (Å²) in [5, 5.41) is 3.06. The molecule has 0 spiro atoms. The van der Waals surface area contributed by atoms with Crippen LogP contribution in [-0.4, -0.2) is 42.5 Å². The summed E-state index contributed by atoms with van der Waals surface area (Å²) in [6, 6.07) is 0.561. The molecule has 0 bridgehead atoms. The first-order valence-electron chi connectivity index (χ1n) is 7.65. The Bertz CT molecular complexity index is 291. The van der Waals surface area contributed by atoms with Crippen LogP contribution in [0.4, 0.5) is 0 Å². The number of nitrogens with zero attached hydrogens (tertiary/aromatic N) is 1. The van der Waals surface area contributed by atoms with Gasteiger partial charge in [-0.3, -0.25) is 4.79 Å². The second-order valence-electron chi connectivity index (χ2n) is 6.33. The molecular weight excluding hydrogens is 238 g/mol. The Kier molecular flexibility index (Phi) is 6.27. The van der Waals surface area contributed by atoms with Gasteiger partial charge >= 0.3 is 0 Å². The molecule has 3 N–H and O–H groups in total. The summed E-state index contributed by atoms with van der Waals surface area (Å²) < 4.78 is 0. The fourth-order valence-corrected chi connectivity index (χ4v) is 2.80. The lowest BCUT2D eigenvalue weighted by Gasteiger charge is -2.37. The Morgan fingerprint density at radius 1 is 1.53 bits per heavy atom. The fourth-order valence-electron chi connectivity index (χ4n) is 2.80. The zero-order valence-electron chi connectivity index (χ0n) is 13.0. The number of hydrogen-bond donors (Lipinski definition) is 2. The molecule has 4 heteroatoms. The maximum atomic E-state index is 12.2. The van der Waals surface area contributed by atoms with Crippen molar-refractivity contribution in [1.82, 2.24) is 10.2 Å². The zero-order valence-corrected chi connectivity index (χ0v) is 13.0. The molecule has 0 aromatic heterocycles. The van der Waals surface area contributed by atoms with Crippen LogP contribution in [0.3, 0.4) is 0 Å². The summed E-state index contributed by atoms with van der Waals surface area (Å²) in [5.74, 6) is 0.123. The Hall–Kier alpha value is -0.610. The van der Waals surface area contributed by atoms with Crippen LogP contribution in [0.1, 0.15) is 52.9 Å². The van der Waals surface area contributed by atoms with Crippen LogP contribution < -0.4 is 11.1 Å². The molecule has 1 amide bonds. The highest BCUT2D eigenvalue weighted by Crippen LogP contribution is 2.31. The van der Waals surface area contributed by atoms with Gasteiger partial charge in [0.05, 0.1) is 5.92 Å². The molecule has 0 heterocycles. The number of likely N-dealkylation sites (N-methyl/N-ethyl adjacent to an activating group) is 1. The van der Waals surface area contributed by atoms with E-state index in [1.807, 2.05) is 6.92 Å². The quantitative estimate of drug-likeness (QED) is 0.772. The second kappa shape index (κ2) is 7.25. The van der Waals surface area contributed by atoms with Crippen LogP contribution >= 0.6 is 0 Å². The van der Waals surface area contributed by atoms with E-state index in [1.54, 1.807) is 0 Å². The van der Waals surface area contributed by atoms with Crippen molar-refractivity contribution in [3.8, 4) is 0 Å². The Morgan fingerprint density at radius 3 is 2.79 bits per heavy atom. The summed E-state index contributed by atoms with van der Waals surface area (Å²) >= 11 is 0. The van der Waals surface area contributed by atoms with Gasteiger partial charge in [-0.1, -0.05) is 19.8 Å². The van der Waals surface area contributed by atoms with E-state index in [4.69, 9.17) is 5.73 Å². The van der Waals surface area contributed by atoms with E-state index in [0.29, 0.717) is 12.6 Å².